The Hall–Kier alpha value is -2.45. The Labute approximate surface area is 152 Å². The minimum absolute atomic E-state index is 0.0534. The minimum Gasteiger partial charge on any atom is -0.425 e. The van der Waals surface area contributed by atoms with Crippen LogP contribution in [0.25, 0.3) is 0 Å². The van der Waals surface area contributed by atoms with E-state index in [1.165, 1.54) is 0 Å². The van der Waals surface area contributed by atoms with Crippen molar-refractivity contribution < 1.29 is 19.3 Å². The van der Waals surface area contributed by atoms with Gasteiger partial charge in [-0.25, -0.2) is 5.06 Å². The summed E-state index contributed by atoms with van der Waals surface area (Å²) in [6, 6.07) is 7.73. The van der Waals surface area contributed by atoms with Gasteiger partial charge in [-0.3, -0.25) is 10.0 Å². The third-order valence-corrected chi connectivity index (χ3v) is 4.50. The number of hydrogen-bond acceptors (Lipinski definition) is 7. The Kier molecular flexibility index (Phi) is 6.19. The van der Waals surface area contributed by atoms with Gasteiger partial charge in [0, 0.05) is 12.0 Å². The molecule has 8 heteroatoms. The summed E-state index contributed by atoms with van der Waals surface area (Å²) in [5.74, 6) is 1.56. The van der Waals surface area contributed by atoms with Crippen molar-refractivity contribution in [1.29, 1.82) is 0 Å². The summed E-state index contributed by atoms with van der Waals surface area (Å²) >= 11 is 0. The number of hydroxylamine groups is 3. The quantitative estimate of drug-likeness (QED) is 0.291. The molecule has 0 saturated heterocycles. The molecule has 0 radical (unpaired) electrons. The zero-order valence-electron chi connectivity index (χ0n) is 14.8. The van der Waals surface area contributed by atoms with Crippen LogP contribution in [0, 0.1) is 0 Å². The minimum atomic E-state index is -0.182. The van der Waals surface area contributed by atoms with Gasteiger partial charge in [-0.1, -0.05) is 44.4 Å². The van der Waals surface area contributed by atoms with Gasteiger partial charge in [0.2, 0.25) is 18.2 Å². The van der Waals surface area contributed by atoms with Crippen molar-refractivity contribution in [3.05, 3.63) is 41.6 Å². The number of carbonyl (C=O) groups is 1. The van der Waals surface area contributed by atoms with Crippen molar-refractivity contribution in [2.75, 3.05) is 6.54 Å². The summed E-state index contributed by atoms with van der Waals surface area (Å²) in [5, 5.41) is 18.4. The first-order valence-corrected chi connectivity index (χ1v) is 8.95. The number of nitrogens with zero attached hydrogens (tertiary/aromatic N) is 3. The number of aromatic nitrogens is 2. The van der Waals surface area contributed by atoms with E-state index in [9.17, 15) is 10.0 Å². The third-order valence-electron chi connectivity index (χ3n) is 4.50. The van der Waals surface area contributed by atoms with Gasteiger partial charge in [0.05, 0.1) is 18.5 Å². The van der Waals surface area contributed by atoms with Crippen LogP contribution in [0.3, 0.4) is 0 Å². The summed E-state index contributed by atoms with van der Waals surface area (Å²) in [5.41, 5.74) is 4.02. The Bertz CT molecular complexity index is 721. The van der Waals surface area contributed by atoms with Gasteiger partial charge >= 0.3 is 0 Å². The molecular weight excluding hydrogens is 336 g/mol. The molecule has 0 fully saturated rings. The largest absolute Gasteiger partial charge is 0.425 e. The third kappa shape index (κ3) is 4.39. The molecule has 2 heterocycles. The van der Waals surface area contributed by atoms with E-state index in [-0.39, 0.29) is 18.5 Å². The van der Waals surface area contributed by atoms with Crippen molar-refractivity contribution in [2.24, 2.45) is 0 Å². The van der Waals surface area contributed by atoms with E-state index >= 15 is 0 Å². The van der Waals surface area contributed by atoms with Crippen LogP contribution in [0.2, 0.25) is 0 Å². The van der Waals surface area contributed by atoms with E-state index < -0.39 is 0 Å². The van der Waals surface area contributed by atoms with E-state index in [2.05, 4.69) is 22.6 Å². The Morgan fingerprint density at radius 1 is 1.35 bits per heavy atom. The van der Waals surface area contributed by atoms with Crippen molar-refractivity contribution in [1.82, 2.24) is 20.7 Å². The number of carbonyl (C=O) groups excluding carboxylic acids is 1. The number of rotatable bonds is 10. The van der Waals surface area contributed by atoms with Crippen molar-refractivity contribution in [3.8, 4) is 5.75 Å². The molecule has 2 aromatic rings. The van der Waals surface area contributed by atoms with Crippen LogP contribution in [0.15, 0.2) is 28.7 Å². The van der Waals surface area contributed by atoms with E-state index in [1.54, 1.807) is 0 Å². The second-order valence-electron chi connectivity index (χ2n) is 6.47. The first-order chi connectivity index (χ1) is 12.7. The lowest BCUT2D eigenvalue weighted by molar-refractivity contribution is -0.151. The van der Waals surface area contributed by atoms with Gasteiger partial charge < -0.3 is 9.25 Å². The van der Waals surface area contributed by atoms with Crippen molar-refractivity contribution in [3.63, 3.8) is 0 Å². The second kappa shape index (κ2) is 8.77. The molecule has 2 N–H and O–H groups in total. The molecule has 0 bridgehead atoms. The molecular formula is C18H24N4O4. The lowest BCUT2D eigenvalue weighted by Gasteiger charge is -2.16. The van der Waals surface area contributed by atoms with Crippen LogP contribution in [0.5, 0.6) is 5.75 Å². The first-order valence-electron chi connectivity index (χ1n) is 8.95. The summed E-state index contributed by atoms with van der Waals surface area (Å²) in [4.78, 5) is 16.2. The zero-order chi connectivity index (χ0) is 18.4. The van der Waals surface area contributed by atoms with Crippen LogP contribution >= 0.6 is 0 Å². The standard InChI is InChI=1S/C18H24N4O4/c1-2-3-4-7-13(11-22(24)12-23)18-20-19-17(25-18)10-15-14-8-5-6-9-16(14)26-21-15/h5-6,8-9,12-13,15,21,24H,2-4,7,10-11H2,1H3/t13?,15-/m1/s1. The Balaban J connectivity index is 1.67. The molecule has 0 saturated carbocycles. The van der Waals surface area contributed by atoms with Crippen molar-refractivity contribution in [2.45, 2.75) is 51.0 Å². The first kappa shape index (κ1) is 18.3. The lowest BCUT2D eigenvalue weighted by Crippen LogP contribution is -2.24. The number of benzene rings is 1. The van der Waals surface area contributed by atoms with E-state index in [1.807, 2.05) is 24.3 Å². The monoisotopic (exact) mass is 360 g/mol. The summed E-state index contributed by atoms with van der Waals surface area (Å²) in [6.45, 7) is 2.26. The Morgan fingerprint density at radius 3 is 3.00 bits per heavy atom. The van der Waals surface area contributed by atoms with Crippen LogP contribution < -0.4 is 10.3 Å². The predicted octanol–water partition coefficient (Wildman–Crippen LogP) is 2.76. The SMILES string of the molecule is CCCCCC(CN(O)C=O)c1nnc(C[C@H]2NOc3ccccc32)o1. The Morgan fingerprint density at radius 2 is 2.19 bits per heavy atom. The highest BCUT2D eigenvalue weighted by molar-refractivity contribution is 5.44. The van der Waals surface area contributed by atoms with E-state index in [0.717, 1.165) is 37.0 Å². The fourth-order valence-corrected chi connectivity index (χ4v) is 3.10. The molecule has 1 aromatic carbocycles. The molecule has 140 valence electrons. The molecule has 1 amide bonds. The highest BCUT2D eigenvalue weighted by Crippen LogP contribution is 2.32. The molecule has 8 nitrogen and oxygen atoms in total. The van der Waals surface area contributed by atoms with Crippen LogP contribution in [0.1, 0.15) is 61.9 Å². The van der Waals surface area contributed by atoms with Gasteiger partial charge in [0.1, 0.15) is 0 Å². The van der Waals surface area contributed by atoms with Crippen LogP contribution in [-0.4, -0.2) is 33.4 Å². The average Bonchev–Trinajstić information content (AvgIpc) is 3.29. The number of hydrogen-bond donors (Lipinski definition) is 2. The van der Waals surface area contributed by atoms with Crippen molar-refractivity contribution >= 4 is 6.41 Å². The smallest absolute Gasteiger partial charge is 0.233 e. The van der Waals surface area contributed by atoms with Crippen LogP contribution in [-0.2, 0) is 11.2 Å². The normalized spacial score (nSPS) is 16.8. The molecule has 0 aliphatic carbocycles. The number of amides is 1. The molecule has 2 atom stereocenters. The molecule has 26 heavy (non-hydrogen) atoms. The van der Waals surface area contributed by atoms with Gasteiger partial charge in [-0.15, -0.1) is 15.7 Å². The number of para-hydroxylation sites is 1. The van der Waals surface area contributed by atoms with E-state index in [4.69, 9.17) is 9.25 Å². The maximum Gasteiger partial charge on any atom is 0.233 e. The summed E-state index contributed by atoms with van der Waals surface area (Å²) < 4.78 is 5.83. The summed E-state index contributed by atoms with van der Waals surface area (Å²) in [6.07, 6.45) is 4.79. The molecule has 1 unspecified atom stereocenters. The molecule has 1 aromatic heterocycles. The highest BCUT2D eigenvalue weighted by Gasteiger charge is 2.27. The van der Waals surface area contributed by atoms with Gasteiger partial charge in [0.25, 0.3) is 0 Å². The molecule has 3 rings (SSSR count). The average molecular weight is 360 g/mol. The second-order valence-corrected chi connectivity index (χ2v) is 6.47. The number of fused-ring (bicyclic) bond motifs is 1. The fourth-order valence-electron chi connectivity index (χ4n) is 3.10. The topological polar surface area (TPSA) is 101 Å². The van der Waals surface area contributed by atoms with Gasteiger partial charge in [0.15, 0.2) is 5.75 Å². The lowest BCUT2D eigenvalue weighted by atomic mass is 10.0. The maximum absolute atomic E-state index is 10.7. The maximum atomic E-state index is 10.7. The predicted molar refractivity (Wildman–Crippen MR) is 92.4 cm³/mol. The molecule has 1 aliphatic heterocycles. The van der Waals surface area contributed by atoms with Gasteiger partial charge in [-0.05, 0) is 12.5 Å². The van der Waals surface area contributed by atoms with Crippen LogP contribution in [0.4, 0.5) is 0 Å². The molecule has 0 spiro atoms. The van der Waals surface area contributed by atoms with E-state index in [0.29, 0.717) is 29.7 Å². The summed E-state index contributed by atoms with van der Waals surface area (Å²) in [7, 11) is 0. The molecule has 1 aliphatic rings. The number of unbranched alkanes of at least 4 members (excludes halogenated alkanes) is 2. The fraction of sp³-hybridized carbons (Fsp3) is 0.500. The zero-order valence-corrected chi connectivity index (χ0v) is 14.8. The van der Waals surface area contributed by atoms with Gasteiger partial charge in [-0.2, -0.15) is 0 Å². The highest BCUT2D eigenvalue weighted by atomic mass is 16.7. The number of nitrogens with one attached hydrogen (secondary N) is 1.